The number of anilines is 1. The summed E-state index contributed by atoms with van der Waals surface area (Å²) in [6, 6.07) is 5.41. The standard InChI is InChI=1S/C12H13ClN2O2S2/c1-7-4-5-10(6-8(7)2)15-19(16,17)11-9(3)14-12(13)18-11/h4-6,15H,1-3H3. The number of hydrogen-bond acceptors (Lipinski definition) is 4. The molecule has 0 spiro atoms. The molecule has 0 saturated carbocycles. The van der Waals surface area contributed by atoms with Crippen molar-refractivity contribution in [1.82, 2.24) is 4.98 Å². The van der Waals surface area contributed by atoms with Gasteiger partial charge in [-0.25, -0.2) is 13.4 Å². The second-order valence-corrected chi connectivity index (χ2v) is 7.70. The molecule has 0 aliphatic heterocycles. The molecule has 0 fully saturated rings. The van der Waals surface area contributed by atoms with Gasteiger partial charge in [0.05, 0.1) is 5.69 Å². The van der Waals surface area contributed by atoms with Crippen LogP contribution < -0.4 is 4.72 Å². The summed E-state index contributed by atoms with van der Waals surface area (Å²) in [6.45, 7) is 5.53. The monoisotopic (exact) mass is 316 g/mol. The zero-order chi connectivity index (χ0) is 14.2. The summed E-state index contributed by atoms with van der Waals surface area (Å²) in [6.07, 6.45) is 0. The summed E-state index contributed by atoms with van der Waals surface area (Å²) in [5.41, 5.74) is 3.08. The highest BCUT2D eigenvalue weighted by molar-refractivity contribution is 7.94. The molecule has 0 unspecified atom stereocenters. The molecule has 0 bridgehead atoms. The molecule has 4 nitrogen and oxygen atoms in total. The fraction of sp³-hybridized carbons (Fsp3) is 0.250. The van der Waals surface area contributed by atoms with Crippen molar-refractivity contribution in [3.63, 3.8) is 0 Å². The van der Waals surface area contributed by atoms with Crippen LogP contribution in [0.2, 0.25) is 4.47 Å². The Morgan fingerprint density at radius 3 is 2.42 bits per heavy atom. The number of benzene rings is 1. The number of rotatable bonds is 3. The average molecular weight is 317 g/mol. The summed E-state index contributed by atoms with van der Waals surface area (Å²) in [5, 5.41) is 0. The van der Waals surface area contributed by atoms with Crippen LogP contribution in [0.3, 0.4) is 0 Å². The predicted molar refractivity (Wildman–Crippen MR) is 78.6 cm³/mol. The van der Waals surface area contributed by atoms with E-state index in [1.54, 1.807) is 19.1 Å². The number of aryl methyl sites for hydroxylation is 3. The maximum absolute atomic E-state index is 12.2. The van der Waals surface area contributed by atoms with Crippen LogP contribution in [0.1, 0.15) is 16.8 Å². The summed E-state index contributed by atoms with van der Waals surface area (Å²) < 4.78 is 27.4. The molecule has 0 aliphatic rings. The minimum atomic E-state index is -3.63. The van der Waals surface area contributed by atoms with Crippen molar-refractivity contribution in [2.24, 2.45) is 0 Å². The third kappa shape index (κ3) is 3.08. The van der Waals surface area contributed by atoms with Gasteiger partial charge in [-0.05, 0) is 44.0 Å². The van der Waals surface area contributed by atoms with Gasteiger partial charge in [0.1, 0.15) is 0 Å². The van der Waals surface area contributed by atoms with Crippen LogP contribution in [0.25, 0.3) is 0 Å². The van der Waals surface area contributed by atoms with Crippen molar-refractivity contribution < 1.29 is 8.42 Å². The third-order valence-electron chi connectivity index (χ3n) is 2.73. The van der Waals surface area contributed by atoms with E-state index in [-0.39, 0.29) is 8.68 Å². The van der Waals surface area contributed by atoms with Gasteiger partial charge in [0.25, 0.3) is 10.0 Å². The molecule has 0 saturated heterocycles. The summed E-state index contributed by atoms with van der Waals surface area (Å²) >= 11 is 6.69. The van der Waals surface area contributed by atoms with E-state index in [9.17, 15) is 8.42 Å². The minimum absolute atomic E-state index is 0.149. The number of thiazole rings is 1. The van der Waals surface area contributed by atoms with Crippen LogP contribution >= 0.6 is 22.9 Å². The molecule has 0 radical (unpaired) electrons. The van der Waals surface area contributed by atoms with Gasteiger partial charge in [0.15, 0.2) is 8.68 Å². The largest absolute Gasteiger partial charge is 0.279 e. The van der Waals surface area contributed by atoms with E-state index < -0.39 is 10.0 Å². The van der Waals surface area contributed by atoms with E-state index in [4.69, 9.17) is 11.6 Å². The van der Waals surface area contributed by atoms with Crippen molar-refractivity contribution in [3.8, 4) is 0 Å². The Hall–Kier alpha value is -1.11. The zero-order valence-electron chi connectivity index (χ0n) is 10.7. The third-order valence-corrected chi connectivity index (χ3v) is 5.98. The molecule has 102 valence electrons. The Kier molecular flexibility index (Phi) is 3.85. The summed E-state index contributed by atoms with van der Waals surface area (Å²) in [4.78, 5) is 3.92. The second-order valence-electron chi connectivity index (χ2n) is 4.24. The highest BCUT2D eigenvalue weighted by atomic mass is 35.5. The lowest BCUT2D eigenvalue weighted by Crippen LogP contribution is -2.12. The van der Waals surface area contributed by atoms with Crippen LogP contribution in [0.4, 0.5) is 5.69 Å². The Morgan fingerprint density at radius 1 is 1.21 bits per heavy atom. The number of sulfonamides is 1. The Labute approximate surface area is 121 Å². The predicted octanol–water partition coefficient (Wildman–Crippen LogP) is 3.52. The van der Waals surface area contributed by atoms with E-state index >= 15 is 0 Å². The molecular formula is C12H13ClN2O2S2. The molecule has 1 heterocycles. The molecule has 2 rings (SSSR count). The van der Waals surface area contributed by atoms with Gasteiger partial charge in [0, 0.05) is 5.69 Å². The van der Waals surface area contributed by atoms with E-state index in [2.05, 4.69) is 9.71 Å². The lowest BCUT2D eigenvalue weighted by Gasteiger charge is -2.08. The van der Waals surface area contributed by atoms with Gasteiger partial charge < -0.3 is 0 Å². The Morgan fingerprint density at radius 2 is 1.89 bits per heavy atom. The molecule has 2 aromatic rings. The van der Waals surface area contributed by atoms with Crippen LogP contribution in [-0.4, -0.2) is 13.4 Å². The van der Waals surface area contributed by atoms with Crippen molar-refractivity contribution in [2.75, 3.05) is 4.72 Å². The van der Waals surface area contributed by atoms with Gasteiger partial charge in [-0.1, -0.05) is 29.0 Å². The lowest BCUT2D eigenvalue weighted by atomic mass is 10.1. The number of nitrogens with one attached hydrogen (secondary N) is 1. The van der Waals surface area contributed by atoms with Crippen LogP contribution in [0.15, 0.2) is 22.4 Å². The first-order valence-corrected chi connectivity index (χ1v) is 8.20. The van der Waals surface area contributed by atoms with Crippen molar-refractivity contribution >= 4 is 38.6 Å². The SMILES string of the molecule is Cc1ccc(NS(=O)(=O)c2sc(Cl)nc2C)cc1C. The molecule has 0 aliphatic carbocycles. The molecule has 0 amide bonds. The van der Waals surface area contributed by atoms with Crippen molar-refractivity contribution in [2.45, 2.75) is 25.0 Å². The van der Waals surface area contributed by atoms with Crippen LogP contribution in [-0.2, 0) is 10.0 Å². The highest BCUT2D eigenvalue weighted by Gasteiger charge is 2.21. The quantitative estimate of drug-likeness (QED) is 0.942. The van der Waals surface area contributed by atoms with Gasteiger partial charge in [-0.15, -0.1) is 0 Å². The topological polar surface area (TPSA) is 59.1 Å². The molecule has 1 N–H and O–H groups in total. The van der Waals surface area contributed by atoms with Gasteiger partial charge in [0.2, 0.25) is 0 Å². The number of nitrogens with zero attached hydrogens (tertiary/aromatic N) is 1. The molecule has 1 aromatic carbocycles. The average Bonchev–Trinajstić information content (AvgIpc) is 2.63. The first-order valence-electron chi connectivity index (χ1n) is 5.52. The number of halogens is 1. The van der Waals surface area contributed by atoms with E-state index in [1.165, 1.54) is 0 Å². The van der Waals surface area contributed by atoms with Gasteiger partial charge >= 0.3 is 0 Å². The first kappa shape index (κ1) is 14.3. The Balaban J connectivity index is 2.36. The maximum Gasteiger partial charge on any atom is 0.273 e. The fourth-order valence-corrected chi connectivity index (χ4v) is 4.40. The van der Waals surface area contributed by atoms with E-state index in [0.717, 1.165) is 22.5 Å². The number of hydrogen-bond donors (Lipinski definition) is 1. The molecule has 1 aromatic heterocycles. The van der Waals surface area contributed by atoms with Crippen molar-refractivity contribution in [3.05, 3.63) is 39.5 Å². The minimum Gasteiger partial charge on any atom is -0.279 e. The summed E-state index contributed by atoms with van der Waals surface area (Å²) in [7, 11) is -3.63. The van der Waals surface area contributed by atoms with Crippen molar-refractivity contribution in [1.29, 1.82) is 0 Å². The molecule has 0 atom stereocenters. The molecule has 19 heavy (non-hydrogen) atoms. The lowest BCUT2D eigenvalue weighted by molar-refractivity contribution is 0.602. The van der Waals surface area contributed by atoms with E-state index in [0.29, 0.717) is 11.4 Å². The normalized spacial score (nSPS) is 11.6. The van der Waals surface area contributed by atoms with Gasteiger partial charge in [-0.2, -0.15) is 0 Å². The molecule has 7 heteroatoms. The second kappa shape index (κ2) is 5.11. The smallest absolute Gasteiger partial charge is 0.273 e. The van der Waals surface area contributed by atoms with Gasteiger partial charge in [-0.3, -0.25) is 4.72 Å². The van der Waals surface area contributed by atoms with Crippen LogP contribution in [0.5, 0.6) is 0 Å². The fourth-order valence-electron chi connectivity index (χ4n) is 1.61. The molecular weight excluding hydrogens is 304 g/mol. The highest BCUT2D eigenvalue weighted by Crippen LogP contribution is 2.28. The first-order chi connectivity index (χ1) is 8.79. The number of aromatic nitrogens is 1. The summed E-state index contributed by atoms with van der Waals surface area (Å²) in [5.74, 6) is 0. The van der Waals surface area contributed by atoms with E-state index in [1.807, 2.05) is 19.9 Å². The van der Waals surface area contributed by atoms with Crippen LogP contribution in [0, 0.1) is 20.8 Å². The zero-order valence-corrected chi connectivity index (χ0v) is 13.1. The Bertz CT molecular complexity index is 723. The maximum atomic E-state index is 12.2.